The fraction of sp³-hybridized carbons (Fsp3) is 0.154. The minimum Gasteiger partial charge on any atom is -0.456 e. The van der Waals surface area contributed by atoms with E-state index in [1.807, 2.05) is 13.0 Å². The normalized spacial score (nSPS) is 11.2. The molecule has 3 aromatic heterocycles. The molecule has 0 unspecified atom stereocenters. The lowest BCUT2D eigenvalue weighted by atomic mass is 9.99. The highest BCUT2D eigenvalue weighted by Crippen LogP contribution is 2.41. The lowest BCUT2D eigenvalue weighted by molar-refractivity contribution is 0.101. The first kappa shape index (κ1) is 22.7. The Balaban J connectivity index is 1.75. The second-order valence-corrected chi connectivity index (χ2v) is 9.39. The summed E-state index contributed by atoms with van der Waals surface area (Å²) in [5.41, 5.74) is 2.35. The van der Waals surface area contributed by atoms with E-state index < -0.39 is 0 Å². The number of Topliss-reactive ketones (excluding diaryl/α,β-unsaturated/α-hetero) is 1. The van der Waals surface area contributed by atoms with Gasteiger partial charge in [-0.1, -0.05) is 0 Å². The lowest BCUT2D eigenvalue weighted by Crippen LogP contribution is -2.15. The van der Waals surface area contributed by atoms with E-state index in [4.69, 9.17) is 4.74 Å². The first-order chi connectivity index (χ1) is 16.7. The van der Waals surface area contributed by atoms with Crippen molar-refractivity contribution in [2.45, 2.75) is 20.8 Å². The number of pyridine rings is 1. The summed E-state index contributed by atoms with van der Waals surface area (Å²) in [7, 11) is 1.68. The van der Waals surface area contributed by atoms with Gasteiger partial charge in [-0.3, -0.25) is 14.7 Å². The van der Waals surface area contributed by atoms with Gasteiger partial charge in [-0.2, -0.15) is 5.10 Å². The van der Waals surface area contributed by atoms with E-state index in [1.165, 1.54) is 35.0 Å². The number of carbonyl (C=O) groups is 1. The van der Waals surface area contributed by atoms with Crippen LogP contribution in [0.5, 0.6) is 11.5 Å². The van der Waals surface area contributed by atoms with E-state index >= 15 is 0 Å². The average Bonchev–Trinajstić information content (AvgIpc) is 3.45. The number of aromatic amines is 1. The zero-order valence-corrected chi connectivity index (χ0v) is 20.3. The van der Waals surface area contributed by atoms with Crippen LogP contribution in [0.3, 0.4) is 0 Å². The van der Waals surface area contributed by atoms with Gasteiger partial charge in [0.05, 0.1) is 4.88 Å². The van der Waals surface area contributed by atoms with Crippen molar-refractivity contribution in [3.05, 3.63) is 81.8 Å². The molecule has 3 heterocycles. The minimum atomic E-state index is -0.352. The Hall–Kier alpha value is -4.11. The number of hydrogen-bond donors (Lipinski definition) is 1. The van der Waals surface area contributed by atoms with E-state index in [1.54, 1.807) is 44.4 Å². The Morgan fingerprint density at radius 3 is 2.54 bits per heavy atom. The fourth-order valence-corrected chi connectivity index (χ4v) is 4.99. The average molecular weight is 489 g/mol. The molecule has 5 rings (SSSR count). The van der Waals surface area contributed by atoms with Gasteiger partial charge in [-0.05, 0) is 68.8 Å². The van der Waals surface area contributed by atoms with Gasteiger partial charge >= 0.3 is 0 Å². The number of hydrogen-bond acceptors (Lipinski definition) is 6. The Kier molecular flexibility index (Phi) is 5.56. The molecule has 176 valence electrons. The van der Waals surface area contributed by atoms with Crippen LogP contribution in [0.1, 0.15) is 28.7 Å². The molecule has 9 heteroatoms. The van der Waals surface area contributed by atoms with Crippen LogP contribution < -0.4 is 10.3 Å². The smallest absolute Gasteiger partial charge is 0.268 e. The van der Waals surface area contributed by atoms with Gasteiger partial charge in [0, 0.05) is 35.3 Å². The van der Waals surface area contributed by atoms with Crippen LogP contribution in [0.4, 0.5) is 4.39 Å². The summed E-state index contributed by atoms with van der Waals surface area (Å²) in [6.07, 6.45) is 1.73. The van der Waals surface area contributed by atoms with Crippen LogP contribution in [-0.4, -0.2) is 25.5 Å². The number of H-pyrrole nitrogens is 1. The molecule has 0 saturated carbocycles. The van der Waals surface area contributed by atoms with Crippen molar-refractivity contribution in [2.75, 3.05) is 0 Å². The molecule has 0 aliphatic heterocycles. The fourth-order valence-electron chi connectivity index (χ4n) is 3.90. The Bertz CT molecular complexity index is 1680. The number of thiophene rings is 1. The number of aromatic nitrogens is 4. The van der Waals surface area contributed by atoms with Gasteiger partial charge in [-0.15, -0.1) is 11.3 Å². The van der Waals surface area contributed by atoms with Gasteiger partial charge < -0.3 is 9.30 Å². The van der Waals surface area contributed by atoms with Crippen LogP contribution >= 0.6 is 11.3 Å². The third-order valence-corrected chi connectivity index (χ3v) is 6.83. The van der Waals surface area contributed by atoms with Crippen molar-refractivity contribution in [3.63, 3.8) is 0 Å². The number of ketones is 1. The molecule has 35 heavy (non-hydrogen) atoms. The second kappa shape index (κ2) is 8.59. The number of aryl methyl sites for hydroxylation is 3. The number of nitrogens with one attached hydrogen (secondary N) is 1. The largest absolute Gasteiger partial charge is 0.456 e. The minimum absolute atomic E-state index is 0.0981. The molecule has 5 aromatic rings. The molecule has 0 fully saturated rings. The maximum Gasteiger partial charge on any atom is 0.268 e. The van der Waals surface area contributed by atoms with Gasteiger partial charge in [-0.25, -0.2) is 9.37 Å². The summed E-state index contributed by atoms with van der Waals surface area (Å²) in [5, 5.41) is 7.76. The van der Waals surface area contributed by atoms with E-state index in [2.05, 4.69) is 15.2 Å². The molecule has 0 bridgehead atoms. The first-order valence-electron chi connectivity index (χ1n) is 10.8. The molecule has 0 saturated heterocycles. The summed E-state index contributed by atoms with van der Waals surface area (Å²) in [5.74, 6) is 1.70. The molecule has 1 N–H and O–H groups in total. The third kappa shape index (κ3) is 4.15. The highest BCUT2D eigenvalue weighted by Gasteiger charge is 2.20. The van der Waals surface area contributed by atoms with E-state index in [0.29, 0.717) is 49.9 Å². The van der Waals surface area contributed by atoms with Crippen LogP contribution in [0.15, 0.2) is 53.5 Å². The molecule has 0 atom stereocenters. The van der Waals surface area contributed by atoms with Crippen molar-refractivity contribution in [2.24, 2.45) is 7.05 Å². The maximum atomic E-state index is 13.6. The van der Waals surface area contributed by atoms with Gasteiger partial charge in [0.2, 0.25) is 0 Å². The monoisotopic (exact) mass is 488 g/mol. The van der Waals surface area contributed by atoms with Crippen LogP contribution in [0, 0.1) is 19.7 Å². The Morgan fingerprint density at radius 2 is 1.86 bits per heavy atom. The Labute approximate surface area is 203 Å². The van der Waals surface area contributed by atoms with Gasteiger partial charge in [0.25, 0.3) is 5.56 Å². The van der Waals surface area contributed by atoms with Gasteiger partial charge in [0.1, 0.15) is 27.8 Å². The number of benzene rings is 2. The number of fused-ring (bicyclic) bond motifs is 1. The summed E-state index contributed by atoms with van der Waals surface area (Å²) in [6.45, 7) is 5.06. The molecule has 0 spiro atoms. The van der Waals surface area contributed by atoms with E-state index in [0.717, 1.165) is 10.4 Å². The Morgan fingerprint density at radius 1 is 1.09 bits per heavy atom. The zero-order valence-electron chi connectivity index (χ0n) is 19.5. The van der Waals surface area contributed by atoms with Crippen LogP contribution in [0.2, 0.25) is 0 Å². The molecule has 7 nitrogen and oxygen atoms in total. The van der Waals surface area contributed by atoms with E-state index in [-0.39, 0.29) is 17.2 Å². The molecular weight excluding hydrogens is 467 g/mol. The van der Waals surface area contributed by atoms with Crippen molar-refractivity contribution in [1.29, 1.82) is 0 Å². The van der Waals surface area contributed by atoms with Crippen LogP contribution in [0.25, 0.3) is 31.9 Å². The summed E-state index contributed by atoms with van der Waals surface area (Å²) >= 11 is 1.31. The predicted octanol–water partition coefficient (Wildman–Crippen LogP) is 5.80. The van der Waals surface area contributed by atoms with Gasteiger partial charge in [0.15, 0.2) is 11.6 Å². The number of nitrogens with zero attached hydrogens (tertiary/aromatic N) is 3. The molecule has 0 aliphatic rings. The highest BCUT2D eigenvalue weighted by molar-refractivity contribution is 7.22. The van der Waals surface area contributed by atoms with Crippen molar-refractivity contribution >= 4 is 27.2 Å². The number of ether oxygens (including phenoxy) is 1. The van der Waals surface area contributed by atoms with Crippen molar-refractivity contribution < 1.29 is 13.9 Å². The maximum absolute atomic E-state index is 13.6. The SMILES string of the molecule is CC(=O)c1ccc(Oc2ccc(F)cc2C)c(-c2cn(C)c(=O)c3sc(-c4n[nH]c(C)n4)cc23)c1. The molecule has 0 amide bonds. The zero-order chi connectivity index (χ0) is 24.9. The predicted molar refractivity (Wildman–Crippen MR) is 134 cm³/mol. The summed E-state index contributed by atoms with van der Waals surface area (Å²) in [4.78, 5) is 30.3. The summed E-state index contributed by atoms with van der Waals surface area (Å²) < 4.78 is 21.9. The topological polar surface area (TPSA) is 89.9 Å². The highest BCUT2D eigenvalue weighted by atomic mass is 32.1. The number of carbonyl (C=O) groups excluding carboxylic acids is 1. The second-order valence-electron chi connectivity index (χ2n) is 8.34. The van der Waals surface area contributed by atoms with E-state index in [9.17, 15) is 14.0 Å². The first-order valence-corrected chi connectivity index (χ1v) is 11.6. The number of halogens is 1. The third-order valence-electron chi connectivity index (χ3n) is 5.71. The molecular formula is C26H21FN4O3S. The van der Waals surface area contributed by atoms with Crippen LogP contribution in [-0.2, 0) is 7.05 Å². The number of rotatable bonds is 5. The van der Waals surface area contributed by atoms with Crippen molar-refractivity contribution in [3.8, 4) is 33.3 Å². The van der Waals surface area contributed by atoms with Crippen molar-refractivity contribution in [1.82, 2.24) is 19.7 Å². The summed E-state index contributed by atoms with van der Waals surface area (Å²) in [6, 6.07) is 11.3. The lowest BCUT2D eigenvalue weighted by Gasteiger charge is -2.15. The standard InChI is InChI=1S/C26H21FN4O3S/c1-13-9-17(27)6-8-21(13)34-22-7-5-16(14(2)32)10-18(22)20-12-31(4)26(33)24-19(20)11-23(35-24)25-28-15(3)29-30-25/h5-12H,1-4H3,(H,28,29,30). The molecule has 0 aliphatic carbocycles. The quantitative estimate of drug-likeness (QED) is 0.316. The molecule has 2 aromatic carbocycles. The molecule has 0 radical (unpaired) electrons.